The van der Waals surface area contributed by atoms with E-state index in [1.165, 1.54) is 5.57 Å². The number of amidine groups is 1. The fourth-order valence-electron chi connectivity index (χ4n) is 0.727. The van der Waals surface area contributed by atoms with Crippen LogP contribution in [0.5, 0.6) is 0 Å². The summed E-state index contributed by atoms with van der Waals surface area (Å²) in [6.07, 6.45) is 4.74. The molecule has 0 aromatic heterocycles. The summed E-state index contributed by atoms with van der Waals surface area (Å²) in [4.78, 5) is 4.05. The van der Waals surface area contributed by atoms with Crippen LogP contribution in [0.1, 0.15) is 13.3 Å². The Kier molecular flexibility index (Phi) is 2.27. The van der Waals surface area contributed by atoms with E-state index in [2.05, 4.69) is 20.9 Å². The van der Waals surface area contributed by atoms with E-state index in [4.69, 9.17) is 5.73 Å². The van der Waals surface area contributed by atoms with E-state index < -0.39 is 0 Å². The molecule has 0 bridgehead atoms. The monoisotopic (exact) mass is 200 g/mol. The van der Waals surface area contributed by atoms with Crippen molar-refractivity contribution in [2.75, 3.05) is 0 Å². The molecule has 0 aliphatic carbocycles. The molecule has 1 heterocycles. The zero-order chi connectivity index (χ0) is 7.56. The lowest BCUT2D eigenvalue weighted by atomic mass is 10.2. The Morgan fingerprint density at radius 1 is 1.70 bits per heavy atom. The van der Waals surface area contributed by atoms with Gasteiger partial charge in [0.05, 0.1) is 0 Å². The number of allylic oxidation sites excluding steroid dienone is 2. The van der Waals surface area contributed by atoms with Gasteiger partial charge in [-0.2, -0.15) is 0 Å². The molecule has 0 aromatic carbocycles. The third-order valence-corrected chi connectivity index (χ3v) is 1.64. The van der Waals surface area contributed by atoms with Crippen LogP contribution in [0.25, 0.3) is 0 Å². The topological polar surface area (TPSA) is 38.4 Å². The summed E-state index contributed by atoms with van der Waals surface area (Å²) in [6.45, 7) is 2.02. The number of hydrogen-bond acceptors (Lipinski definition) is 2. The zero-order valence-electron chi connectivity index (χ0n) is 5.76. The van der Waals surface area contributed by atoms with Gasteiger partial charge in [0.15, 0.2) is 0 Å². The van der Waals surface area contributed by atoms with Gasteiger partial charge >= 0.3 is 0 Å². The van der Waals surface area contributed by atoms with Crippen LogP contribution in [0.2, 0.25) is 0 Å². The number of aliphatic imine (C=N–C) groups is 1. The maximum absolute atomic E-state index is 5.52. The smallest absolute Gasteiger partial charge is 0.108 e. The number of hydrogen-bond donors (Lipinski definition) is 1. The number of rotatable bonds is 0. The second kappa shape index (κ2) is 3.01. The molecule has 1 aliphatic rings. The van der Waals surface area contributed by atoms with Gasteiger partial charge in [0.1, 0.15) is 10.4 Å². The van der Waals surface area contributed by atoms with Gasteiger partial charge in [0.2, 0.25) is 0 Å². The molecule has 1 aliphatic heterocycles. The third kappa shape index (κ3) is 1.99. The van der Waals surface area contributed by atoms with Gasteiger partial charge < -0.3 is 5.73 Å². The molecule has 2 N–H and O–H groups in total. The van der Waals surface area contributed by atoms with Gasteiger partial charge in [0, 0.05) is 6.42 Å². The Bertz CT molecular complexity index is 226. The van der Waals surface area contributed by atoms with Crippen LogP contribution >= 0.6 is 15.9 Å². The summed E-state index contributed by atoms with van der Waals surface area (Å²) in [7, 11) is 0. The van der Waals surface area contributed by atoms with Crippen molar-refractivity contribution in [3.05, 3.63) is 22.3 Å². The van der Waals surface area contributed by atoms with Crippen molar-refractivity contribution >= 4 is 21.8 Å². The first kappa shape index (κ1) is 7.54. The SMILES string of the molecule is CC1=CCC(N)=NC(Br)=C1. The van der Waals surface area contributed by atoms with E-state index >= 15 is 0 Å². The average molecular weight is 201 g/mol. The molecular weight excluding hydrogens is 192 g/mol. The highest BCUT2D eigenvalue weighted by Crippen LogP contribution is 2.14. The third-order valence-electron chi connectivity index (χ3n) is 1.23. The highest BCUT2D eigenvalue weighted by molar-refractivity contribution is 9.11. The van der Waals surface area contributed by atoms with Crippen LogP contribution in [-0.4, -0.2) is 5.84 Å². The molecule has 0 fully saturated rings. The van der Waals surface area contributed by atoms with Crippen LogP contribution in [0.4, 0.5) is 0 Å². The zero-order valence-corrected chi connectivity index (χ0v) is 7.35. The predicted octanol–water partition coefficient (Wildman–Crippen LogP) is 1.93. The van der Waals surface area contributed by atoms with Crippen LogP contribution < -0.4 is 5.73 Å². The molecule has 0 amide bonds. The van der Waals surface area contributed by atoms with E-state index in [1.807, 2.05) is 19.1 Å². The van der Waals surface area contributed by atoms with E-state index in [-0.39, 0.29) is 0 Å². The summed E-state index contributed by atoms with van der Waals surface area (Å²) < 4.78 is 0.802. The fourth-order valence-corrected chi connectivity index (χ4v) is 1.32. The van der Waals surface area contributed by atoms with Crippen LogP contribution in [0.3, 0.4) is 0 Å². The summed E-state index contributed by atoms with van der Waals surface area (Å²) >= 11 is 3.27. The molecular formula is C7H9BrN2. The Hall–Kier alpha value is -0.570. The Morgan fingerprint density at radius 3 is 3.10 bits per heavy atom. The molecule has 0 spiro atoms. The van der Waals surface area contributed by atoms with Gasteiger partial charge in [-0.15, -0.1) is 0 Å². The molecule has 0 saturated carbocycles. The number of halogens is 1. The van der Waals surface area contributed by atoms with E-state index in [0.717, 1.165) is 11.0 Å². The minimum Gasteiger partial charge on any atom is -0.387 e. The summed E-state index contributed by atoms with van der Waals surface area (Å²) in [5.74, 6) is 0.653. The minimum absolute atomic E-state index is 0.653. The molecule has 54 valence electrons. The largest absolute Gasteiger partial charge is 0.387 e. The van der Waals surface area contributed by atoms with E-state index in [0.29, 0.717) is 5.84 Å². The predicted molar refractivity (Wildman–Crippen MR) is 47.0 cm³/mol. The quantitative estimate of drug-likeness (QED) is 0.597. The molecule has 3 heteroatoms. The van der Waals surface area contributed by atoms with Crippen molar-refractivity contribution < 1.29 is 0 Å². The number of nitrogens with two attached hydrogens (primary N) is 1. The molecule has 1 rings (SSSR count). The first-order valence-electron chi connectivity index (χ1n) is 3.05. The summed E-state index contributed by atoms with van der Waals surface area (Å²) in [5.41, 5.74) is 6.71. The van der Waals surface area contributed by atoms with Crippen molar-refractivity contribution in [2.24, 2.45) is 10.7 Å². The summed E-state index contributed by atoms with van der Waals surface area (Å²) in [6, 6.07) is 0. The van der Waals surface area contributed by atoms with Gasteiger partial charge in [-0.1, -0.05) is 11.6 Å². The maximum Gasteiger partial charge on any atom is 0.108 e. The van der Waals surface area contributed by atoms with Crippen LogP contribution in [0, 0.1) is 0 Å². The summed E-state index contributed by atoms with van der Waals surface area (Å²) in [5, 5.41) is 0. The molecule has 0 atom stereocenters. The highest BCUT2D eigenvalue weighted by Gasteiger charge is 1.97. The van der Waals surface area contributed by atoms with E-state index in [1.54, 1.807) is 0 Å². The van der Waals surface area contributed by atoms with Gasteiger partial charge in [0.25, 0.3) is 0 Å². The first-order valence-corrected chi connectivity index (χ1v) is 3.85. The molecule has 0 radical (unpaired) electrons. The Morgan fingerprint density at radius 2 is 2.40 bits per heavy atom. The van der Waals surface area contributed by atoms with E-state index in [9.17, 15) is 0 Å². The van der Waals surface area contributed by atoms with Gasteiger partial charge in [-0.25, -0.2) is 4.99 Å². The van der Waals surface area contributed by atoms with Crippen molar-refractivity contribution in [1.82, 2.24) is 0 Å². The molecule has 2 nitrogen and oxygen atoms in total. The minimum atomic E-state index is 0.653. The lowest BCUT2D eigenvalue weighted by Crippen LogP contribution is -2.08. The van der Waals surface area contributed by atoms with Crippen LogP contribution in [-0.2, 0) is 0 Å². The van der Waals surface area contributed by atoms with Gasteiger partial charge in [-0.3, -0.25) is 0 Å². The normalized spacial score (nSPS) is 18.8. The van der Waals surface area contributed by atoms with Crippen LogP contribution in [0.15, 0.2) is 27.3 Å². The van der Waals surface area contributed by atoms with Gasteiger partial charge in [-0.05, 0) is 28.9 Å². The molecule has 0 unspecified atom stereocenters. The van der Waals surface area contributed by atoms with Crippen molar-refractivity contribution in [2.45, 2.75) is 13.3 Å². The Labute approximate surface area is 68.6 Å². The standard InChI is InChI=1S/C7H9BrN2/c1-5-2-3-7(9)10-6(8)4-5/h2,4H,3H2,1H3,(H2,9,10). The molecule has 0 aromatic rings. The second-order valence-corrected chi connectivity index (χ2v) is 3.03. The fraction of sp³-hybridized carbons (Fsp3) is 0.286. The Balaban J connectivity index is 2.90. The average Bonchev–Trinajstić information content (AvgIpc) is 1.93. The maximum atomic E-state index is 5.52. The lowest BCUT2D eigenvalue weighted by molar-refractivity contribution is 1.35. The van der Waals surface area contributed by atoms with Crippen molar-refractivity contribution in [3.63, 3.8) is 0 Å². The van der Waals surface area contributed by atoms with Crippen molar-refractivity contribution in [3.8, 4) is 0 Å². The number of nitrogens with zero attached hydrogens (tertiary/aromatic N) is 1. The molecule has 0 saturated heterocycles. The highest BCUT2D eigenvalue weighted by atomic mass is 79.9. The second-order valence-electron chi connectivity index (χ2n) is 2.22. The first-order chi connectivity index (χ1) is 4.68. The lowest BCUT2D eigenvalue weighted by Gasteiger charge is -1.89. The van der Waals surface area contributed by atoms with Crippen molar-refractivity contribution in [1.29, 1.82) is 0 Å². The molecule has 10 heavy (non-hydrogen) atoms.